The number of β-lactam (4-membered cyclic amide) rings is 1. The number of hydrogen-bond acceptors (Lipinski definition) is 5. The Hall–Kier alpha value is -1.48. The van der Waals surface area contributed by atoms with E-state index in [4.69, 9.17) is 4.74 Å². The van der Waals surface area contributed by atoms with Crippen LogP contribution in [0.4, 0.5) is 0 Å². The summed E-state index contributed by atoms with van der Waals surface area (Å²) in [7, 11) is 0. The summed E-state index contributed by atoms with van der Waals surface area (Å²) in [4.78, 5) is 40.0. The predicted octanol–water partition coefficient (Wildman–Crippen LogP) is 4.22. The summed E-state index contributed by atoms with van der Waals surface area (Å²) in [5, 5.41) is 7.81. The first-order chi connectivity index (χ1) is 15.7. The summed E-state index contributed by atoms with van der Waals surface area (Å²) in [5.41, 5.74) is 0.904. The molecule has 2 saturated heterocycles. The van der Waals surface area contributed by atoms with Crippen LogP contribution in [0, 0.1) is 0 Å². The maximum absolute atomic E-state index is 13.0. The number of carbonyl (C=O) groups is 3. The van der Waals surface area contributed by atoms with Crippen LogP contribution >= 0.6 is 11.8 Å². The van der Waals surface area contributed by atoms with E-state index >= 15 is 0 Å². The van der Waals surface area contributed by atoms with Crippen LogP contribution in [-0.2, 0) is 25.5 Å². The first kappa shape index (κ1) is 26.1. The Labute approximate surface area is 204 Å². The van der Waals surface area contributed by atoms with Gasteiger partial charge in [0.1, 0.15) is 0 Å². The summed E-state index contributed by atoms with van der Waals surface area (Å²) in [6.07, 6.45) is 1.15. The molecule has 2 heterocycles. The van der Waals surface area contributed by atoms with Crippen LogP contribution in [0.5, 0.6) is 0 Å². The molecule has 3 atom stereocenters. The molecule has 1 aromatic rings. The second-order valence-electron chi connectivity index (χ2n) is 9.80. The number of carbonyl (C=O) groups excluding carboxylic acids is 3. The van der Waals surface area contributed by atoms with E-state index in [-0.39, 0.29) is 29.6 Å². The fourth-order valence-corrected chi connectivity index (χ4v) is 14.0. The van der Waals surface area contributed by atoms with Crippen molar-refractivity contribution in [1.82, 2.24) is 10.2 Å². The number of thioether (sulfide) groups is 1. The number of benzene rings is 1. The summed E-state index contributed by atoms with van der Waals surface area (Å²) >= 11 is -0.200. The number of esters is 1. The van der Waals surface area contributed by atoms with Gasteiger partial charge in [-0.3, -0.25) is 0 Å². The third kappa shape index (κ3) is 5.61. The van der Waals surface area contributed by atoms with E-state index in [1.54, 1.807) is 16.7 Å². The van der Waals surface area contributed by atoms with Gasteiger partial charge in [-0.15, -0.1) is 0 Å². The molecule has 0 saturated carbocycles. The fraction of sp³-hybridized carbons (Fsp3) is 0.640. The van der Waals surface area contributed by atoms with Gasteiger partial charge in [-0.05, 0) is 5.56 Å². The third-order valence-corrected chi connectivity index (χ3v) is 21.5. The first-order valence-electron chi connectivity index (χ1n) is 12.2. The molecule has 1 aromatic carbocycles. The van der Waals surface area contributed by atoms with Gasteiger partial charge in [-0.1, -0.05) is 30.3 Å². The Morgan fingerprint density at radius 3 is 2.36 bits per heavy atom. The fourth-order valence-electron chi connectivity index (χ4n) is 5.11. The second-order valence-corrected chi connectivity index (χ2v) is 23.4. The van der Waals surface area contributed by atoms with Crippen molar-refractivity contribution < 1.29 is 19.1 Å². The number of ether oxygens (including phenoxy) is 1. The van der Waals surface area contributed by atoms with Gasteiger partial charge in [0, 0.05) is 0 Å². The maximum atomic E-state index is 13.0. The Bertz CT molecular complexity index is 851. The zero-order valence-electron chi connectivity index (χ0n) is 20.6. The van der Waals surface area contributed by atoms with Crippen molar-refractivity contribution in [3.63, 3.8) is 0 Å². The molecule has 0 bridgehead atoms. The topological polar surface area (TPSA) is 75.7 Å². The molecular weight excluding hydrogens is 497 g/mol. The monoisotopic (exact) mass is 536 g/mol. The van der Waals surface area contributed by atoms with Crippen molar-refractivity contribution in [3.05, 3.63) is 35.9 Å². The van der Waals surface area contributed by atoms with Crippen LogP contribution in [0.3, 0.4) is 0 Å². The number of nitrogens with one attached hydrogen (secondary N) is 1. The van der Waals surface area contributed by atoms with Crippen LogP contribution in [-0.4, -0.2) is 64.8 Å². The molecule has 182 valence electrons. The quantitative estimate of drug-likeness (QED) is 0.199. The summed E-state index contributed by atoms with van der Waals surface area (Å²) in [6.45, 7) is 11.3. The van der Waals surface area contributed by atoms with Gasteiger partial charge in [0.2, 0.25) is 0 Å². The molecule has 2 aliphatic rings. The van der Waals surface area contributed by atoms with Crippen molar-refractivity contribution in [2.75, 3.05) is 6.61 Å². The molecule has 8 heteroatoms. The molecule has 0 aromatic heterocycles. The van der Waals surface area contributed by atoms with Gasteiger partial charge >= 0.3 is 169 Å². The van der Waals surface area contributed by atoms with E-state index in [2.05, 4.69) is 26.1 Å². The standard InChI is InChI=1S/C25H38GeN2O4S/c1-6-26(7-2,8-3)15-12-16-32-24(31)21-25(4,5)33-23-20(22(30)28(21)23)27-19(29)17-18-13-10-9-11-14-18/h9-11,13-14,20-21,23H,6-8,12,15-17H2,1-5H3,(H,27,29)/t20-,21+,23-/m1/s1. The van der Waals surface area contributed by atoms with Crippen LogP contribution in [0.25, 0.3) is 0 Å². The Balaban J connectivity index is 1.54. The molecular formula is C25H38GeN2O4S. The van der Waals surface area contributed by atoms with Gasteiger partial charge in [0.25, 0.3) is 0 Å². The van der Waals surface area contributed by atoms with Crippen molar-refractivity contribution in [1.29, 1.82) is 0 Å². The molecule has 2 amide bonds. The van der Waals surface area contributed by atoms with Crippen molar-refractivity contribution in [3.8, 4) is 0 Å². The van der Waals surface area contributed by atoms with E-state index < -0.39 is 30.1 Å². The molecule has 2 aliphatic heterocycles. The normalized spacial score (nSPS) is 23.6. The average molecular weight is 535 g/mol. The van der Waals surface area contributed by atoms with Gasteiger partial charge in [0.15, 0.2) is 0 Å². The Morgan fingerprint density at radius 2 is 1.76 bits per heavy atom. The minimum absolute atomic E-state index is 0.180. The number of amides is 2. The average Bonchev–Trinajstić information content (AvgIpc) is 3.06. The number of fused-ring (bicyclic) bond motifs is 1. The van der Waals surface area contributed by atoms with E-state index in [0.717, 1.165) is 12.0 Å². The first-order valence-corrected chi connectivity index (χ1v) is 19.0. The molecule has 3 rings (SSSR count). The van der Waals surface area contributed by atoms with Crippen molar-refractivity contribution in [2.45, 2.75) is 90.7 Å². The van der Waals surface area contributed by atoms with E-state index in [9.17, 15) is 14.4 Å². The van der Waals surface area contributed by atoms with E-state index in [0.29, 0.717) is 6.61 Å². The van der Waals surface area contributed by atoms with Crippen LogP contribution in [0.1, 0.15) is 46.6 Å². The number of nitrogens with zero attached hydrogens (tertiary/aromatic N) is 1. The van der Waals surface area contributed by atoms with E-state index in [1.807, 2.05) is 44.2 Å². The van der Waals surface area contributed by atoms with Crippen LogP contribution in [0.15, 0.2) is 30.3 Å². The zero-order chi connectivity index (χ0) is 24.2. The molecule has 0 unspecified atom stereocenters. The molecule has 0 aliphatic carbocycles. The number of rotatable bonds is 11. The second kappa shape index (κ2) is 10.8. The van der Waals surface area contributed by atoms with Gasteiger partial charge in [0.05, 0.1) is 0 Å². The molecule has 6 nitrogen and oxygen atoms in total. The Kier molecular flexibility index (Phi) is 8.59. The van der Waals surface area contributed by atoms with E-state index in [1.165, 1.54) is 21.0 Å². The number of hydrogen-bond donors (Lipinski definition) is 1. The van der Waals surface area contributed by atoms with Crippen molar-refractivity contribution in [2.24, 2.45) is 0 Å². The molecule has 2 fully saturated rings. The summed E-state index contributed by atoms with van der Waals surface area (Å²) in [6, 6.07) is 8.26. The Morgan fingerprint density at radius 1 is 1.12 bits per heavy atom. The SMILES string of the molecule is C[CH2][Ge]([CH2]C)([CH2]C)[CH2]CCOC(=O)[C@@H]1N2C(=O)[C@@H](NC(=O)Cc3ccccc3)[C@H]2SC1(C)C. The van der Waals surface area contributed by atoms with Gasteiger partial charge in [-0.25, -0.2) is 0 Å². The summed E-state index contributed by atoms with van der Waals surface area (Å²) < 4.78 is 5.22. The third-order valence-electron chi connectivity index (χ3n) is 7.53. The molecule has 1 N–H and O–H groups in total. The minimum atomic E-state index is -1.77. The van der Waals surface area contributed by atoms with Gasteiger partial charge in [-0.2, -0.15) is 0 Å². The molecule has 33 heavy (non-hydrogen) atoms. The van der Waals surface area contributed by atoms with Crippen LogP contribution in [0.2, 0.25) is 21.0 Å². The summed E-state index contributed by atoms with van der Waals surface area (Å²) in [5.74, 6) is -0.695. The van der Waals surface area contributed by atoms with Crippen molar-refractivity contribution >= 4 is 42.8 Å². The van der Waals surface area contributed by atoms with Gasteiger partial charge < -0.3 is 0 Å². The predicted molar refractivity (Wildman–Crippen MR) is 136 cm³/mol. The van der Waals surface area contributed by atoms with Crippen LogP contribution < -0.4 is 5.32 Å². The molecule has 0 spiro atoms. The zero-order valence-corrected chi connectivity index (χ0v) is 23.5. The molecule has 0 radical (unpaired) electrons.